The summed E-state index contributed by atoms with van der Waals surface area (Å²) in [5.41, 5.74) is -2.16. The van der Waals surface area contributed by atoms with Gasteiger partial charge in [0.05, 0.1) is 27.6 Å². The summed E-state index contributed by atoms with van der Waals surface area (Å²) in [6.07, 6.45) is -0.802. The Hall–Kier alpha value is -1.01. The average molecular weight is 250 g/mol. The largest absolute Gasteiger partial charge is 0.481 e. The number of alkyl halides is 1. The SMILES string of the molecule is CCC(=O)[C@@](O)(CC(=O)O)C(CF)[N+](C)(C)C. The number of halogens is 1. The Labute approximate surface area is 100 Å². The minimum Gasteiger partial charge on any atom is -0.481 e. The van der Waals surface area contributed by atoms with E-state index in [-0.39, 0.29) is 10.9 Å². The standard InChI is InChI=1S/C11H20FNO4/c1-5-9(14)11(17,6-10(15)16)8(7-12)13(2,3)4/h8,17H,5-7H2,1-4H3/p+1/t8?,11-/m1/s1. The van der Waals surface area contributed by atoms with Crippen LogP contribution in [0.15, 0.2) is 0 Å². The number of carbonyl (C=O) groups excluding carboxylic acids is 1. The monoisotopic (exact) mass is 250 g/mol. The molecule has 0 saturated heterocycles. The minimum absolute atomic E-state index is 0.0218. The summed E-state index contributed by atoms with van der Waals surface area (Å²) in [7, 11) is 4.83. The molecule has 1 unspecified atom stereocenters. The smallest absolute Gasteiger partial charge is 0.307 e. The van der Waals surface area contributed by atoms with Gasteiger partial charge in [0.25, 0.3) is 0 Å². The van der Waals surface area contributed by atoms with Crippen LogP contribution in [-0.2, 0) is 9.59 Å². The summed E-state index contributed by atoms with van der Waals surface area (Å²) in [6, 6.07) is -1.09. The lowest BCUT2D eigenvalue weighted by molar-refractivity contribution is -0.902. The molecule has 0 fully saturated rings. The summed E-state index contributed by atoms with van der Waals surface area (Å²) >= 11 is 0. The van der Waals surface area contributed by atoms with E-state index in [1.807, 2.05) is 0 Å². The maximum atomic E-state index is 13.1. The zero-order chi connectivity index (χ0) is 13.9. The highest BCUT2D eigenvalue weighted by Crippen LogP contribution is 2.26. The molecule has 2 N–H and O–H groups in total. The van der Waals surface area contributed by atoms with E-state index in [0.29, 0.717) is 0 Å². The zero-order valence-electron chi connectivity index (χ0n) is 10.7. The lowest BCUT2D eigenvalue weighted by Gasteiger charge is -2.41. The molecule has 6 heteroatoms. The maximum Gasteiger partial charge on any atom is 0.307 e. The van der Waals surface area contributed by atoms with E-state index in [9.17, 15) is 19.1 Å². The van der Waals surface area contributed by atoms with Crippen LogP contribution in [-0.4, -0.2) is 65.9 Å². The van der Waals surface area contributed by atoms with Crippen LogP contribution in [0.2, 0.25) is 0 Å². The lowest BCUT2D eigenvalue weighted by atomic mass is 9.84. The molecule has 2 atom stereocenters. The van der Waals surface area contributed by atoms with E-state index in [2.05, 4.69) is 0 Å². The zero-order valence-corrected chi connectivity index (χ0v) is 10.7. The number of carbonyl (C=O) groups is 2. The molecule has 0 aromatic rings. The van der Waals surface area contributed by atoms with E-state index < -0.39 is 36.5 Å². The Morgan fingerprint density at radius 1 is 1.35 bits per heavy atom. The van der Waals surface area contributed by atoms with Crippen molar-refractivity contribution in [2.24, 2.45) is 0 Å². The molecule has 0 amide bonds. The molecule has 0 radical (unpaired) electrons. The van der Waals surface area contributed by atoms with Gasteiger partial charge in [0.2, 0.25) is 0 Å². The predicted octanol–water partition coefficient (Wildman–Crippen LogP) is 0.216. The second-order valence-electron chi connectivity index (χ2n) is 5.06. The number of carboxylic acids is 1. The van der Waals surface area contributed by atoms with Gasteiger partial charge in [-0.3, -0.25) is 9.59 Å². The first kappa shape index (κ1) is 16.0. The third-order valence-electron chi connectivity index (χ3n) is 2.86. The minimum atomic E-state index is -2.16. The fourth-order valence-electron chi connectivity index (χ4n) is 1.91. The molecular formula is C11H21FNO4+. The van der Waals surface area contributed by atoms with Crippen molar-refractivity contribution in [2.45, 2.75) is 31.4 Å². The number of aliphatic carboxylic acids is 1. The molecule has 0 rings (SSSR count). The van der Waals surface area contributed by atoms with E-state index in [0.717, 1.165) is 0 Å². The van der Waals surface area contributed by atoms with Gasteiger partial charge in [-0.15, -0.1) is 0 Å². The number of Topliss-reactive ketones (excluding diaryl/α,β-unsaturated/α-hetero) is 1. The highest BCUT2D eigenvalue weighted by molar-refractivity contribution is 5.91. The summed E-state index contributed by atoms with van der Waals surface area (Å²) in [4.78, 5) is 22.5. The van der Waals surface area contributed by atoms with Crippen molar-refractivity contribution in [2.75, 3.05) is 27.8 Å². The molecule has 0 aliphatic heterocycles. The predicted molar refractivity (Wildman–Crippen MR) is 60.3 cm³/mol. The van der Waals surface area contributed by atoms with Crippen molar-refractivity contribution in [1.29, 1.82) is 0 Å². The van der Waals surface area contributed by atoms with Crippen molar-refractivity contribution in [3.63, 3.8) is 0 Å². The summed E-state index contributed by atoms with van der Waals surface area (Å²) in [5, 5.41) is 19.0. The number of nitrogens with zero attached hydrogens (tertiary/aromatic N) is 1. The van der Waals surface area contributed by atoms with Crippen LogP contribution in [0.3, 0.4) is 0 Å². The molecule has 17 heavy (non-hydrogen) atoms. The van der Waals surface area contributed by atoms with Gasteiger partial charge in [-0.05, 0) is 0 Å². The number of hydrogen-bond acceptors (Lipinski definition) is 3. The number of rotatable bonds is 7. The fourth-order valence-corrected chi connectivity index (χ4v) is 1.91. The maximum absolute atomic E-state index is 13.1. The second kappa shape index (κ2) is 5.55. The number of ketones is 1. The van der Waals surface area contributed by atoms with Crippen molar-refractivity contribution in [3.05, 3.63) is 0 Å². The molecule has 0 spiro atoms. The molecule has 0 heterocycles. The van der Waals surface area contributed by atoms with Gasteiger partial charge in [0, 0.05) is 6.42 Å². The van der Waals surface area contributed by atoms with Gasteiger partial charge in [0.1, 0.15) is 6.67 Å². The number of hydrogen-bond donors (Lipinski definition) is 2. The van der Waals surface area contributed by atoms with Gasteiger partial charge in [-0.25, -0.2) is 4.39 Å². The Bertz CT molecular complexity index is 300. The van der Waals surface area contributed by atoms with Gasteiger partial charge in [0.15, 0.2) is 17.4 Å². The highest BCUT2D eigenvalue weighted by atomic mass is 19.1. The van der Waals surface area contributed by atoms with Crippen LogP contribution in [0.4, 0.5) is 4.39 Å². The topological polar surface area (TPSA) is 74.6 Å². The normalized spacial score (nSPS) is 17.3. The number of likely N-dealkylation sites (N-methyl/N-ethyl adjacent to an activating group) is 1. The first-order chi connectivity index (χ1) is 7.59. The number of aliphatic hydroxyl groups is 1. The average Bonchev–Trinajstić information content (AvgIpc) is 2.13. The molecule has 0 aromatic heterocycles. The lowest BCUT2D eigenvalue weighted by Crippen LogP contribution is -2.64. The van der Waals surface area contributed by atoms with Crippen LogP contribution < -0.4 is 0 Å². The van der Waals surface area contributed by atoms with Gasteiger partial charge >= 0.3 is 5.97 Å². The van der Waals surface area contributed by atoms with Crippen molar-refractivity contribution in [3.8, 4) is 0 Å². The first-order valence-electron chi connectivity index (χ1n) is 5.44. The summed E-state index contributed by atoms with van der Waals surface area (Å²) in [5.74, 6) is -1.96. The molecule has 0 saturated carbocycles. The Balaban J connectivity index is 5.42. The van der Waals surface area contributed by atoms with Crippen LogP contribution in [0.25, 0.3) is 0 Å². The Kier molecular flexibility index (Phi) is 5.22. The van der Waals surface area contributed by atoms with E-state index in [4.69, 9.17) is 5.11 Å². The first-order valence-corrected chi connectivity index (χ1v) is 5.44. The molecular weight excluding hydrogens is 229 g/mol. The van der Waals surface area contributed by atoms with Gasteiger partial charge in [-0.1, -0.05) is 6.92 Å². The highest BCUT2D eigenvalue weighted by Gasteiger charge is 2.51. The van der Waals surface area contributed by atoms with Gasteiger partial charge in [-0.2, -0.15) is 0 Å². The Morgan fingerprint density at radius 2 is 1.82 bits per heavy atom. The van der Waals surface area contributed by atoms with Crippen molar-refractivity contribution >= 4 is 11.8 Å². The molecule has 0 bridgehead atoms. The van der Waals surface area contributed by atoms with Crippen LogP contribution in [0.5, 0.6) is 0 Å². The van der Waals surface area contributed by atoms with E-state index in [1.165, 1.54) is 6.92 Å². The molecule has 0 aliphatic rings. The quantitative estimate of drug-likeness (QED) is 0.634. The molecule has 5 nitrogen and oxygen atoms in total. The third-order valence-corrected chi connectivity index (χ3v) is 2.86. The molecule has 0 aliphatic carbocycles. The molecule has 100 valence electrons. The third kappa shape index (κ3) is 3.74. The summed E-state index contributed by atoms with van der Waals surface area (Å²) < 4.78 is 13.1. The number of carboxylic acid groups (broad SMARTS) is 1. The van der Waals surface area contributed by atoms with Crippen molar-refractivity contribution < 1.29 is 28.7 Å². The van der Waals surface area contributed by atoms with E-state index in [1.54, 1.807) is 21.1 Å². The fraction of sp³-hybridized carbons (Fsp3) is 0.818. The summed E-state index contributed by atoms with van der Waals surface area (Å²) in [6.45, 7) is 0.555. The van der Waals surface area contributed by atoms with Crippen LogP contribution >= 0.6 is 0 Å². The Morgan fingerprint density at radius 3 is 2.06 bits per heavy atom. The van der Waals surface area contributed by atoms with Crippen LogP contribution in [0.1, 0.15) is 19.8 Å². The van der Waals surface area contributed by atoms with E-state index >= 15 is 0 Å². The number of quaternary nitrogens is 1. The molecule has 0 aromatic carbocycles. The van der Waals surface area contributed by atoms with Crippen molar-refractivity contribution in [1.82, 2.24) is 0 Å². The second-order valence-corrected chi connectivity index (χ2v) is 5.06. The van der Waals surface area contributed by atoms with Crippen LogP contribution in [0, 0.1) is 0 Å². The van der Waals surface area contributed by atoms with Gasteiger partial charge < -0.3 is 14.7 Å².